The Kier molecular flexibility index (Phi) is 3.17. The van der Waals surface area contributed by atoms with E-state index in [1.165, 1.54) is 6.42 Å². The average Bonchev–Trinajstić information content (AvgIpc) is 1.91. The maximum absolute atomic E-state index is 11.3. The largest absolute Gasteiger partial charge is 0.338 e. The van der Waals surface area contributed by atoms with Crippen LogP contribution in [0.2, 0.25) is 0 Å². The number of rotatable bonds is 2. The molecule has 1 aliphatic rings. The fourth-order valence-corrected chi connectivity index (χ4v) is 1.13. The molecule has 1 saturated carbocycles. The minimum Gasteiger partial charge on any atom is -0.338 e. The van der Waals surface area contributed by atoms with Gasteiger partial charge in [0, 0.05) is 12.6 Å². The van der Waals surface area contributed by atoms with Gasteiger partial charge in [-0.05, 0) is 24.7 Å². The van der Waals surface area contributed by atoms with Gasteiger partial charge >= 0.3 is 6.03 Å². The van der Waals surface area contributed by atoms with Crippen LogP contribution in [-0.2, 0) is 0 Å². The van der Waals surface area contributed by atoms with Crippen LogP contribution in [0.4, 0.5) is 4.79 Å². The first-order valence-electron chi connectivity index (χ1n) is 5.02. The van der Waals surface area contributed by atoms with Crippen molar-refractivity contribution in [2.45, 2.75) is 46.1 Å². The van der Waals surface area contributed by atoms with Crippen molar-refractivity contribution in [2.75, 3.05) is 6.54 Å². The summed E-state index contributed by atoms with van der Waals surface area (Å²) < 4.78 is 0. The van der Waals surface area contributed by atoms with E-state index >= 15 is 0 Å². The molecule has 0 heterocycles. The number of urea groups is 1. The normalized spacial score (nSPS) is 17.8. The predicted molar refractivity (Wildman–Crippen MR) is 53.6 cm³/mol. The molecule has 3 heteroatoms. The van der Waals surface area contributed by atoms with Crippen molar-refractivity contribution in [1.82, 2.24) is 10.6 Å². The van der Waals surface area contributed by atoms with E-state index in [4.69, 9.17) is 0 Å². The molecule has 76 valence electrons. The summed E-state index contributed by atoms with van der Waals surface area (Å²) in [6.45, 7) is 7.05. The fraction of sp³-hybridized carbons (Fsp3) is 0.900. The Hall–Kier alpha value is -0.730. The Morgan fingerprint density at radius 3 is 2.38 bits per heavy atom. The highest BCUT2D eigenvalue weighted by atomic mass is 16.2. The molecule has 0 bridgehead atoms. The van der Waals surface area contributed by atoms with Gasteiger partial charge in [0.25, 0.3) is 0 Å². The monoisotopic (exact) mass is 184 g/mol. The quantitative estimate of drug-likeness (QED) is 0.676. The van der Waals surface area contributed by atoms with E-state index in [0.29, 0.717) is 6.04 Å². The second-order valence-electron chi connectivity index (χ2n) is 5.02. The van der Waals surface area contributed by atoms with Gasteiger partial charge in [-0.25, -0.2) is 4.79 Å². The molecule has 13 heavy (non-hydrogen) atoms. The highest BCUT2D eigenvalue weighted by molar-refractivity contribution is 5.74. The van der Waals surface area contributed by atoms with E-state index in [2.05, 4.69) is 31.4 Å². The van der Waals surface area contributed by atoms with Crippen LogP contribution >= 0.6 is 0 Å². The molecule has 0 spiro atoms. The van der Waals surface area contributed by atoms with Gasteiger partial charge in [0.05, 0.1) is 0 Å². The molecule has 0 aliphatic heterocycles. The van der Waals surface area contributed by atoms with Crippen LogP contribution < -0.4 is 10.6 Å². The zero-order valence-corrected chi connectivity index (χ0v) is 8.81. The number of nitrogens with one attached hydrogen (secondary N) is 2. The van der Waals surface area contributed by atoms with Gasteiger partial charge < -0.3 is 10.6 Å². The minimum absolute atomic E-state index is 0.0142. The van der Waals surface area contributed by atoms with Crippen LogP contribution in [-0.4, -0.2) is 18.6 Å². The first kappa shape index (κ1) is 10.4. The third-order valence-electron chi connectivity index (χ3n) is 2.22. The first-order chi connectivity index (χ1) is 5.97. The Labute approximate surface area is 80.3 Å². The number of hydrogen-bond acceptors (Lipinski definition) is 1. The van der Waals surface area contributed by atoms with E-state index in [0.717, 1.165) is 19.4 Å². The molecule has 0 aromatic rings. The SMILES string of the molecule is CC(C)(C)CNC(=O)NC1CCC1. The number of amides is 2. The van der Waals surface area contributed by atoms with E-state index < -0.39 is 0 Å². The van der Waals surface area contributed by atoms with E-state index in [1.807, 2.05) is 0 Å². The van der Waals surface area contributed by atoms with Crippen molar-refractivity contribution < 1.29 is 4.79 Å². The van der Waals surface area contributed by atoms with Crippen molar-refractivity contribution >= 4 is 6.03 Å². The fourth-order valence-electron chi connectivity index (χ4n) is 1.13. The van der Waals surface area contributed by atoms with Crippen molar-refractivity contribution in [3.05, 3.63) is 0 Å². The van der Waals surface area contributed by atoms with Gasteiger partial charge in [-0.1, -0.05) is 20.8 Å². The van der Waals surface area contributed by atoms with E-state index in [1.54, 1.807) is 0 Å². The molecule has 0 aromatic carbocycles. The van der Waals surface area contributed by atoms with Crippen LogP contribution in [0.5, 0.6) is 0 Å². The lowest BCUT2D eigenvalue weighted by molar-refractivity contribution is 0.223. The maximum atomic E-state index is 11.3. The topological polar surface area (TPSA) is 41.1 Å². The molecule has 2 N–H and O–H groups in total. The summed E-state index contributed by atoms with van der Waals surface area (Å²) in [5.74, 6) is 0. The number of carbonyl (C=O) groups is 1. The lowest BCUT2D eigenvalue weighted by atomic mass is 9.93. The second-order valence-corrected chi connectivity index (χ2v) is 5.02. The molecule has 1 fully saturated rings. The Morgan fingerprint density at radius 2 is 2.00 bits per heavy atom. The van der Waals surface area contributed by atoms with Crippen LogP contribution in [0.1, 0.15) is 40.0 Å². The highest BCUT2D eigenvalue weighted by Gasteiger charge is 2.19. The maximum Gasteiger partial charge on any atom is 0.315 e. The van der Waals surface area contributed by atoms with Crippen LogP contribution in [0.25, 0.3) is 0 Å². The number of hydrogen-bond donors (Lipinski definition) is 2. The molecular formula is C10H20N2O. The zero-order valence-electron chi connectivity index (χ0n) is 8.81. The molecule has 1 aliphatic carbocycles. The molecule has 0 radical (unpaired) electrons. The summed E-state index contributed by atoms with van der Waals surface area (Å²) in [7, 11) is 0. The van der Waals surface area contributed by atoms with E-state index in [9.17, 15) is 4.79 Å². The third-order valence-corrected chi connectivity index (χ3v) is 2.22. The minimum atomic E-state index is -0.0142. The van der Waals surface area contributed by atoms with Crippen molar-refractivity contribution in [2.24, 2.45) is 5.41 Å². The summed E-state index contributed by atoms with van der Waals surface area (Å²) in [6, 6.07) is 0.416. The lowest BCUT2D eigenvalue weighted by Crippen LogP contribution is -2.47. The first-order valence-corrected chi connectivity index (χ1v) is 5.02. The Morgan fingerprint density at radius 1 is 1.38 bits per heavy atom. The summed E-state index contributed by atoms with van der Waals surface area (Å²) in [6.07, 6.45) is 3.54. The van der Waals surface area contributed by atoms with Gasteiger partial charge in [-0.2, -0.15) is 0 Å². The molecule has 2 amide bonds. The molecule has 0 aromatic heterocycles. The van der Waals surface area contributed by atoms with Crippen molar-refractivity contribution in [3.63, 3.8) is 0 Å². The standard InChI is InChI=1S/C10H20N2O/c1-10(2,3)7-11-9(13)12-8-5-4-6-8/h8H,4-7H2,1-3H3,(H2,11,12,13). The predicted octanol–water partition coefficient (Wildman–Crippen LogP) is 1.88. The van der Waals surface area contributed by atoms with Crippen LogP contribution in [0, 0.1) is 5.41 Å². The van der Waals surface area contributed by atoms with Crippen molar-refractivity contribution in [1.29, 1.82) is 0 Å². The lowest BCUT2D eigenvalue weighted by Gasteiger charge is -2.27. The van der Waals surface area contributed by atoms with Gasteiger partial charge in [-0.15, -0.1) is 0 Å². The molecule has 0 atom stereocenters. The van der Waals surface area contributed by atoms with Crippen LogP contribution in [0.15, 0.2) is 0 Å². The average molecular weight is 184 g/mol. The van der Waals surface area contributed by atoms with Crippen LogP contribution in [0.3, 0.4) is 0 Å². The van der Waals surface area contributed by atoms with Gasteiger partial charge in [0.1, 0.15) is 0 Å². The summed E-state index contributed by atoms with van der Waals surface area (Å²) >= 11 is 0. The van der Waals surface area contributed by atoms with Gasteiger partial charge in [0.2, 0.25) is 0 Å². The second kappa shape index (κ2) is 3.99. The molecular weight excluding hydrogens is 164 g/mol. The summed E-state index contributed by atoms with van der Waals surface area (Å²) in [5.41, 5.74) is 0.164. The third kappa shape index (κ3) is 4.15. The van der Waals surface area contributed by atoms with Gasteiger partial charge in [-0.3, -0.25) is 0 Å². The highest BCUT2D eigenvalue weighted by Crippen LogP contribution is 2.17. The van der Waals surface area contributed by atoms with Gasteiger partial charge in [0.15, 0.2) is 0 Å². The van der Waals surface area contributed by atoms with E-state index in [-0.39, 0.29) is 11.4 Å². The molecule has 3 nitrogen and oxygen atoms in total. The molecule has 0 unspecified atom stereocenters. The number of carbonyl (C=O) groups excluding carboxylic acids is 1. The Bertz CT molecular complexity index is 180. The zero-order chi connectivity index (χ0) is 9.90. The molecule has 0 saturated heterocycles. The summed E-state index contributed by atoms with van der Waals surface area (Å²) in [5, 5.41) is 5.81. The summed E-state index contributed by atoms with van der Waals surface area (Å²) in [4.78, 5) is 11.3. The Balaban J connectivity index is 2.10. The smallest absolute Gasteiger partial charge is 0.315 e. The van der Waals surface area contributed by atoms with Crippen molar-refractivity contribution in [3.8, 4) is 0 Å². The molecule has 1 rings (SSSR count).